The van der Waals surface area contributed by atoms with Crippen LogP contribution in [-0.4, -0.2) is 30.0 Å². The Morgan fingerprint density at radius 2 is 1.79 bits per heavy atom. The van der Waals surface area contributed by atoms with Gasteiger partial charge in [-0.25, -0.2) is 0 Å². The molecule has 1 aromatic carbocycles. The van der Waals surface area contributed by atoms with Crippen molar-refractivity contribution >= 4 is 5.91 Å². The predicted octanol–water partition coefficient (Wildman–Crippen LogP) is 3.16. The molecule has 1 fully saturated rings. The molecule has 1 heterocycles. The van der Waals surface area contributed by atoms with Crippen LogP contribution >= 0.6 is 0 Å². The molecule has 1 saturated heterocycles. The molecule has 1 unspecified atom stereocenters. The monoisotopic (exact) mass is 261 g/mol. The Morgan fingerprint density at radius 1 is 1.16 bits per heavy atom. The zero-order valence-corrected chi connectivity index (χ0v) is 11.9. The van der Waals surface area contributed by atoms with Crippen LogP contribution in [0.25, 0.3) is 0 Å². The van der Waals surface area contributed by atoms with E-state index in [1.807, 2.05) is 43.0 Å². The number of benzene rings is 1. The maximum atomic E-state index is 12.4. The fourth-order valence-electron chi connectivity index (χ4n) is 2.48. The third-order valence-electron chi connectivity index (χ3n) is 3.66. The SMILES string of the molecule is Cc1ccccc1OC(C)C(=O)N1CCCCCC1. The van der Waals surface area contributed by atoms with Crippen LogP contribution in [0.5, 0.6) is 5.75 Å². The molecule has 0 aromatic heterocycles. The molecule has 0 aliphatic carbocycles. The maximum absolute atomic E-state index is 12.4. The second-order valence-corrected chi connectivity index (χ2v) is 5.27. The maximum Gasteiger partial charge on any atom is 0.263 e. The lowest BCUT2D eigenvalue weighted by molar-refractivity contribution is -0.137. The fraction of sp³-hybridized carbons (Fsp3) is 0.562. The van der Waals surface area contributed by atoms with Crippen molar-refractivity contribution in [2.75, 3.05) is 13.1 Å². The number of amides is 1. The summed E-state index contributed by atoms with van der Waals surface area (Å²) in [7, 11) is 0. The van der Waals surface area contributed by atoms with Crippen molar-refractivity contribution < 1.29 is 9.53 Å². The van der Waals surface area contributed by atoms with Crippen molar-refractivity contribution in [3.05, 3.63) is 29.8 Å². The van der Waals surface area contributed by atoms with Crippen molar-refractivity contribution in [3.8, 4) is 5.75 Å². The Balaban J connectivity index is 1.97. The van der Waals surface area contributed by atoms with Gasteiger partial charge in [0.2, 0.25) is 0 Å². The Bertz CT molecular complexity index is 423. The van der Waals surface area contributed by atoms with Gasteiger partial charge in [0.15, 0.2) is 6.10 Å². The third-order valence-corrected chi connectivity index (χ3v) is 3.66. The molecular weight excluding hydrogens is 238 g/mol. The van der Waals surface area contributed by atoms with E-state index in [1.165, 1.54) is 12.8 Å². The number of aryl methyl sites for hydroxylation is 1. The van der Waals surface area contributed by atoms with Crippen molar-refractivity contribution in [1.82, 2.24) is 4.90 Å². The summed E-state index contributed by atoms with van der Waals surface area (Å²) in [5.41, 5.74) is 1.07. The standard InChI is InChI=1S/C16H23NO2/c1-13-9-5-6-10-15(13)19-14(2)16(18)17-11-7-3-4-8-12-17/h5-6,9-10,14H,3-4,7-8,11-12H2,1-2H3. The second-order valence-electron chi connectivity index (χ2n) is 5.27. The molecule has 1 amide bonds. The molecule has 104 valence electrons. The minimum atomic E-state index is -0.404. The predicted molar refractivity (Wildman–Crippen MR) is 76.3 cm³/mol. The van der Waals surface area contributed by atoms with Gasteiger partial charge in [0, 0.05) is 13.1 Å². The number of ether oxygens (including phenoxy) is 1. The van der Waals surface area contributed by atoms with Gasteiger partial charge in [-0.1, -0.05) is 31.0 Å². The normalized spacial score (nSPS) is 17.7. The molecule has 19 heavy (non-hydrogen) atoms. The highest BCUT2D eigenvalue weighted by atomic mass is 16.5. The first-order chi connectivity index (χ1) is 9.18. The van der Waals surface area contributed by atoms with Gasteiger partial charge in [-0.2, -0.15) is 0 Å². The van der Waals surface area contributed by atoms with Gasteiger partial charge in [-0.15, -0.1) is 0 Å². The van der Waals surface area contributed by atoms with Gasteiger partial charge < -0.3 is 9.64 Å². The highest BCUT2D eigenvalue weighted by Crippen LogP contribution is 2.19. The molecule has 0 N–H and O–H groups in total. The number of nitrogens with zero attached hydrogens (tertiary/aromatic N) is 1. The summed E-state index contributed by atoms with van der Waals surface area (Å²) in [5.74, 6) is 0.920. The molecule has 1 aliphatic rings. The highest BCUT2D eigenvalue weighted by Gasteiger charge is 2.23. The number of likely N-dealkylation sites (tertiary alicyclic amines) is 1. The lowest BCUT2D eigenvalue weighted by Gasteiger charge is -2.25. The van der Waals surface area contributed by atoms with Crippen LogP contribution in [0.2, 0.25) is 0 Å². The zero-order valence-electron chi connectivity index (χ0n) is 11.9. The van der Waals surface area contributed by atoms with E-state index in [-0.39, 0.29) is 5.91 Å². The molecule has 1 aromatic rings. The molecule has 1 aliphatic heterocycles. The van der Waals surface area contributed by atoms with Gasteiger partial charge in [0.1, 0.15) is 5.75 Å². The zero-order chi connectivity index (χ0) is 13.7. The van der Waals surface area contributed by atoms with E-state index >= 15 is 0 Å². The molecule has 1 atom stereocenters. The Kier molecular flexibility index (Phi) is 4.83. The average molecular weight is 261 g/mol. The minimum absolute atomic E-state index is 0.116. The van der Waals surface area contributed by atoms with Gasteiger partial charge in [0.05, 0.1) is 0 Å². The number of hydrogen-bond donors (Lipinski definition) is 0. The summed E-state index contributed by atoms with van der Waals surface area (Å²) in [6, 6.07) is 7.83. The van der Waals surface area contributed by atoms with Crippen LogP contribution in [-0.2, 0) is 4.79 Å². The molecule has 3 nitrogen and oxygen atoms in total. The van der Waals surface area contributed by atoms with E-state index in [0.717, 1.165) is 37.2 Å². The first-order valence-corrected chi connectivity index (χ1v) is 7.19. The van der Waals surface area contributed by atoms with Crippen LogP contribution in [0, 0.1) is 6.92 Å². The minimum Gasteiger partial charge on any atom is -0.481 e. The summed E-state index contributed by atoms with van der Waals surface area (Å²) in [6.45, 7) is 5.60. The second kappa shape index (κ2) is 6.60. The lowest BCUT2D eigenvalue weighted by Crippen LogP contribution is -2.41. The van der Waals surface area contributed by atoms with Crippen molar-refractivity contribution in [2.45, 2.75) is 45.6 Å². The summed E-state index contributed by atoms with van der Waals surface area (Å²) < 4.78 is 5.81. The van der Waals surface area contributed by atoms with Crippen LogP contribution in [0.3, 0.4) is 0 Å². The smallest absolute Gasteiger partial charge is 0.263 e. The largest absolute Gasteiger partial charge is 0.481 e. The average Bonchev–Trinajstić information content (AvgIpc) is 2.69. The van der Waals surface area contributed by atoms with E-state index < -0.39 is 6.10 Å². The first-order valence-electron chi connectivity index (χ1n) is 7.19. The van der Waals surface area contributed by atoms with Gasteiger partial charge >= 0.3 is 0 Å². The quantitative estimate of drug-likeness (QED) is 0.836. The molecular formula is C16H23NO2. The van der Waals surface area contributed by atoms with Gasteiger partial charge in [-0.05, 0) is 38.3 Å². The summed E-state index contributed by atoms with van der Waals surface area (Å²) in [5, 5.41) is 0. The summed E-state index contributed by atoms with van der Waals surface area (Å²) >= 11 is 0. The number of carbonyl (C=O) groups is 1. The van der Waals surface area contributed by atoms with Crippen molar-refractivity contribution in [2.24, 2.45) is 0 Å². The molecule has 0 saturated carbocycles. The van der Waals surface area contributed by atoms with Gasteiger partial charge in [-0.3, -0.25) is 4.79 Å². The van der Waals surface area contributed by atoms with Gasteiger partial charge in [0.25, 0.3) is 5.91 Å². The summed E-state index contributed by atoms with van der Waals surface area (Å²) in [4.78, 5) is 14.3. The lowest BCUT2D eigenvalue weighted by atomic mass is 10.2. The molecule has 0 spiro atoms. The van der Waals surface area contributed by atoms with Crippen molar-refractivity contribution in [1.29, 1.82) is 0 Å². The van der Waals surface area contributed by atoms with Crippen LogP contribution in [0.1, 0.15) is 38.2 Å². The molecule has 3 heteroatoms. The molecule has 0 bridgehead atoms. The Hall–Kier alpha value is -1.51. The number of hydrogen-bond acceptors (Lipinski definition) is 2. The third kappa shape index (κ3) is 3.72. The Morgan fingerprint density at radius 3 is 2.42 bits per heavy atom. The van der Waals surface area contributed by atoms with E-state index in [1.54, 1.807) is 0 Å². The Labute approximate surface area is 115 Å². The van der Waals surface area contributed by atoms with Crippen LogP contribution < -0.4 is 4.74 Å². The van der Waals surface area contributed by atoms with Crippen LogP contribution in [0.4, 0.5) is 0 Å². The van der Waals surface area contributed by atoms with E-state index in [2.05, 4.69) is 0 Å². The number of rotatable bonds is 3. The van der Waals surface area contributed by atoms with Crippen LogP contribution in [0.15, 0.2) is 24.3 Å². The van der Waals surface area contributed by atoms with E-state index in [4.69, 9.17) is 4.74 Å². The van der Waals surface area contributed by atoms with E-state index in [9.17, 15) is 4.79 Å². The van der Waals surface area contributed by atoms with E-state index in [0.29, 0.717) is 0 Å². The topological polar surface area (TPSA) is 29.5 Å². The molecule has 0 radical (unpaired) electrons. The highest BCUT2D eigenvalue weighted by molar-refractivity contribution is 5.81. The number of carbonyl (C=O) groups excluding carboxylic acids is 1. The number of para-hydroxylation sites is 1. The first kappa shape index (κ1) is 13.9. The fourth-order valence-corrected chi connectivity index (χ4v) is 2.48. The molecule has 2 rings (SSSR count). The summed E-state index contributed by atoms with van der Waals surface area (Å²) in [6.07, 6.45) is 4.29. The van der Waals surface area contributed by atoms with Crippen molar-refractivity contribution in [3.63, 3.8) is 0 Å².